The van der Waals surface area contributed by atoms with Crippen LogP contribution in [0.15, 0.2) is 23.6 Å². The van der Waals surface area contributed by atoms with Gasteiger partial charge in [-0.3, -0.25) is 0 Å². The van der Waals surface area contributed by atoms with E-state index in [0.29, 0.717) is 12.4 Å². The molecule has 1 N–H and O–H groups in total. The lowest BCUT2D eigenvalue weighted by Crippen LogP contribution is -2.34. The first-order chi connectivity index (χ1) is 10.3. The van der Waals surface area contributed by atoms with Crippen molar-refractivity contribution in [2.24, 2.45) is 0 Å². The van der Waals surface area contributed by atoms with Crippen molar-refractivity contribution >= 4 is 11.3 Å². The fourth-order valence-electron chi connectivity index (χ4n) is 2.30. The summed E-state index contributed by atoms with van der Waals surface area (Å²) in [5, 5.41) is 6.54. The van der Waals surface area contributed by atoms with E-state index in [9.17, 15) is 0 Å². The molecule has 1 aromatic carbocycles. The second-order valence-electron chi connectivity index (χ2n) is 4.72. The van der Waals surface area contributed by atoms with Crippen LogP contribution in [0, 0.1) is 0 Å². The SMILES string of the molecule is COc1ccc(-c2csc(C3COCCN3)n2)cc1OC. The Bertz CT molecular complexity index is 609. The number of morpholine rings is 1. The first-order valence-electron chi connectivity index (χ1n) is 6.80. The fraction of sp³-hybridized carbons (Fsp3) is 0.400. The van der Waals surface area contributed by atoms with Crippen molar-refractivity contribution in [1.82, 2.24) is 10.3 Å². The number of methoxy groups -OCH3 is 2. The predicted molar refractivity (Wildman–Crippen MR) is 82.2 cm³/mol. The zero-order valence-corrected chi connectivity index (χ0v) is 12.9. The summed E-state index contributed by atoms with van der Waals surface area (Å²) < 4.78 is 16.1. The van der Waals surface area contributed by atoms with Gasteiger partial charge in [-0.25, -0.2) is 4.98 Å². The first-order valence-corrected chi connectivity index (χ1v) is 7.68. The molecule has 6 heteroatoms. The summed E-state index contributed by atoms with van der Waals surface area (Å²) in [7, 11) is 3.27. The Morgan fingerprint density at radius 1 is 1.29 bits per heavy atom. The maximum Gasteiger partial charge on any atom is 0.161 e. The lowest BCUT2D eigenvalue weighted by molar-refractivity contribution is 0.0768. The molecule has 1 aromatic heterocycles. The molecule has 1 unspecified atom stereocenters. The van der Waals surface area contributed by atoms with Gasteiger partial charge in [-0.1, -0.05) is 0 Å². The first kappa shape index (κ1) is 14.3. The fourth-order valence-corrected chi connectivity index (χ4v) is 3.19. The lowest BCUT2D eigenvalue weighted by Gasteiger charge is -2.21. The van der Waals surface area contributed by atoms with E-state index in [0.717, 1.165) is 35.2 Å². The highest BCUT2D eigenvalue weighted by molar-refractivity contribution is 7.10. The van der Waals surface area contributed by atoms with E-state index in [2.05, 4.69) is 10.7 Å². The van der Waals surface area contributed by atoms with Gasteiger partial charge in [-0.05, 0) is 18.2 Å². The van der Waals surface area contributed by atoms with Crippen LogP contribution in [0.2, 0.25) is 0 Å². The molecule has 0 bridgehead atoms. The van der Waals surface area contributed by atoms with Crippen molar-refractivity contribution in [3.05, 3.63) is 28.6 Å². The predicted octanol–water partition coefficient (Wildman–Crippen LogP) is 2.49. The van der Waals surface area contributed by atoms with E-state index in [1.807, 2.05) is 18.2 Å². The molecule has 5 nitrogen and oxygen atoms in total. The quantitative estimate of drug-likeness (QED) is 0.940. The van der Waals surface area contributed by atoms with Crippen LogP contribution < -0.4 is 14.8 Å². The van der Waals surface area contributed by atoms with Crippen molar-refractivity contribution in [1.29, 1.82) is 0 Å². The van der Waals surface area contributed by atoms with Gasteiger partial charge in [-0.2, -0.15) is 0 Å². The highest BCUT2D eigenvalue weighted by Crippen LogP contribution is 2.33. The van der Waals surface area contributed by atoms with Gasteiger partial charge in [0.05, 0.1) is 39.2 Å². The molecule has 1 aliphatic heterocycles. The average Bonchev–Trinajstić information content (AvgIpc) is 3.05. The molecular weight excluding hydrogens is 288 g/mol. The number of hydrogen-bond donors (Lipinski definition) is 1. The van der Waals surface area contributed by atoms with Crippen LogP contribution in [0.5, 0.6) is 11.5 Å². The largest absolute Gasteiger partial charge is 0.493 e. The average molecular weight is 306 g/mol. The third-order valence-corrected chi connectivity index (χ3v) is 4.38. The molecule has 1 saturated heterocycles. The molecule has 2 heterocycles. The molecule has 1 atom stereocenters. The topological polar surface area (TPSA) is 52.6 Å². The minimum absolute atomic E-state index is 0.192. The van der Waals surface area contributed by atoms with Crippen molar-refractivity contribution in [2.45, 2.75) is 6.04 Å². The zero-order chi connectivity index (χ0) is 14.7. The summed E-state index contributed by atoms with van der Waals surface area (Å²) in [5.74, 6) is 1.43. The molecule has 112 valence electrons. The minimum atomic E-state index is 0.192. The second kappa shape index (κ2) is 6.43. The van der Waals surface area contributed by atoms with Gasteiger partial charge < -0.3 is 19.5 Å². The Labute approximate surface area is 127 Å². The van der Waals surface area contributed by atoms with Gasteiger partial charge in [-0.15, -0.1) is 11.3 Å². The monoisotopic (exact) mass is 306 g/mol. The molecule has 0 aliphatic carbocycles. The van der Waals surface area contributed by atoms with Gasteiger partial charge in [0, 0.05) is 17.5 Å². The van der Waals surface area contributed by atoms with E-state index in [1.54, 1.807) is 25.6 Å². The van der Waals surface area contributed by atoms with Crippen molar-refractivity contribution in [3.63, 3.8) is 0 Å². The van der Waals surface area contributed by atoms with E-state index in [1.165, 1.54) is 0 Å². The molecule has 1 fully saturated rings. The third kappa shape index (κ3) is 3.02. The summed E-state index contributed by atoms with van der Waals surface area (Å²) >= 11 is 1.65. The summed E-state index contributed by atoms with van der Waals surface area (Å²) in [6.07, 6.45) is 0. The third-order valence-electron chi connectivity index (χ3n) is 3.42. The molecule has 2 aromatic rings. The van der Waals surface area contributed by atoms with Crippen LogP contribution in [0.4, 0.5) is 0 Å². The van der Waals surface area contributed by atoms with Crippen molar-refractivity contribution < 1.29 is 14.2 Å². The molecule has 3 rings (SSSR count). The van der Waals surface area contributed by atoms with Crippen LogP contribution in [0.25, 0.3) is 11.3 Å². The Kier molecular flexibility index (Phi) is 4.38. The van der Waals surface area contributed by atoms with Crippen LogP contribution in [0.1, 0.15) is 11.0 Å². The summed E-state index contributed by atoms with van der Waals surface area (Å²) in [6.45, 7) is 2.32. The van der Waals surface area contributed by atoms with Gasteiger partial charge in [0.1, 0.15) is 5.01 Å². The normalized spacial score (nSPS) is 18.5. The number of aromatic nitrogens is 1. The Morgan fingerprint density at radius 3 is 2.86 bits per heavy atom. The second-order valence-corrected chi connectivity index (χ2v) is 5.61. The maximum atomic E-state index is 5.49. The molecule has 0 amide bonds. The van der Waals surface area contributed by atoms with Crippen LogP contribution in [-0.2, 0) is 4.74 Å². The number of nitrogens with zero attached hydrogens (tertiary/aromatic N) is 1. The number of rotatable bonds is 4. The highest BCUT2D eigenvalue weighted by Gasteiger charge is 2.19. The summed E-state index contributed by atoms with van der Waals surface area (Å²) in [4.78, 5) is 4.71. The van der Waals surface area contributed by atoms with Gasteiger partial charge >= 0.3 is 0 Å². The van der Waals surface area contributed by atoms with Crippen LogP contribution in [0.3, 0.4) is 0 Å². The number of benzene rings is 1. The number of hydrogen-bond acceptors (Lipinski definition) is 6. The molecule has 0 radical (unpaired) electrons. The molecule has 21 heavy (non-hydrogen) atoms. The van der Waals surface area contributed by atoms with Crippen LogP contribution >= 0.6 is 11.3 Å². The Morgan fingerprint density at radius 2 is 2.14 bits per heavy atom. The van der Waals surface area contributed by atoms with E-state index in [-0.39, 0.29) is 6.04 Å². The molecule has 1 aliphatic rings. The number of nitrogens with one attached hydrogen (secondary N) is 1. The van der Waals surface area contributed by atoms with E-state index in [4.69, 9.17) is 19.2 Å². The minimum Gasteiger partial charge on any atom is -0.493 e. The Hall–Kier alpha value is -1.63. The lowest BCUT2D eigenvalue weighted by atomic mass is 10.1. The molecular formula is C15H18N2O3S. The zero-order valence-electron chi connectivity index (χ0n) is 12.1. The maximum absolute atomic E-state index is 5.49. The van der Waals surface area contributed by atoms with E-state index < -0.39 is 0 Å². The van der Waals surface area contributed by atoms with Gasteiger partial charge in [0.25, 0.3) is 0 Å². The van der Waals surface area contributed by atoms with Crippen molar-refractivity contribution in [2.75, 3.05) is 34.0 Å². The van der Waals surface area contributed by atoms with E-state index >= 15 is 0 Å². The van der Waals surface area contributed by atoms with Gasteiger partial charge in [0.2, 0.25) is 0 Å². The Balaban J connectivity index is 1.85. The summed E-state index contributed by atoms with van der Waals surface area (Å²) in [5.41, 5.74) is 1.97. The number of thiazole rings is 1. The molecule has 0 saturated carbocycles. The standard InChI is InChI=1S/C15H18N2O3S/c1-18-13-4-3-10(7-14(13)19-2)12-9-21-15(17-12)11-8-20-6-5-16-11/h3-4,7,9,11,16H,5-6,8H2,1-2H3. The molecule has 0 spiro atoms. The van der Waals surface area contributed by atoms with Gasteiger partial charge in [0.15, 0.2) is 11.5 Å². The number of ether oxygens (including phenoxy) is 3. The highest BCUT2D eigenvalue weighted by atomic mass is 32.1. The van der Waals surface area contributed by atoms with Crippen molar-refractivity contribution in [3.8, 4) is 22.8 Å². The smallest absolute Gasteiger partial charge is 0.161 e. The summed E-state index contributed by atoms with van der Waals surface area (Å²) in [6, 6.07) is 6.03. The van der Waals surface area contributed by atoms with Crippen LogP contribution in [-0.4, -0.2) is 39.0 Å².